The third-order valence-corrected chi connectivity index (χ3v) is 4.64. The van der Waals surface area contributed by atoms with E-state index in [1.54, 1.807) is 13.8 Å². The Hall–Kier alpha value is -0.130. The first kappa shape index (κ1) is 13.9. The van der Waals surface area contributed by atoms with Gasteiger partial charge in [0, 0.05) is 25.9 Å². The van der Waals surface area contributed by atoms with E-state index >= 15 is 0 Å². The van der Waals surface area contributed by atoms with Crippen molar-refractivity contribution >= 4 is 9.84 Å². The second kappa shape index (κ2) is 5.09. The molecule has 2 N–H and O–H groups in total. The quantitative estimate of drug-likeness (QED) is 0.692. The summed E-state index contributed by atoms with van der Waals surface area (Å²) in [5.41, 5.74) is 5.44. The summed E-state index contributed by atoms with van der Waals surface area (Å²) >= 11 is 0. The summed E-state index contributed by atoms with van der Waals surface area (Å²) < 4.78 is 22.2. The zero-order valence-corrected chi connectivity index (χ0v) is 10.4. The number of likely N-dealkylation sites (N-methyl/N-ethyl adjacent to an activating group) is 1. The van der Waals surface area contributed by atoms with Gasteiger partial charge in [-0.2, -0.15) is 0 Å². The maximum Gasteiger partial charge on any atom is 0.153 e. The number of hydrogen-bond acceptors (Lipinski definition) is 4. The molecule has 0 radical (unpaired) electrons. The summed E-state index contributed by atoms with van der Waals surface area (Å²) in [6.07, 6.45) is 1.28. The highest BCUT2D eigenvalue weighted by molar-refractivity contribution is 7.92. The van der Waals surface area contributed by atoms with Gasteiger partial charge in [0.1, 0.15) is 0 Å². The van der Waals surface area contributed by atoms with Crippen LogP contribution in [0.5, 0.6) is 0 Å². The van der Waals surface area contributed by atoms with Gasteiger partial charge in [-0.25, -0.2) is 8.42 Å². The molecule has 4 nitrogen and oxygen atoms in total. The Labute approximate surface area is 87.4 Å². The van der Waals surface area contributed by atoms with Gasteiger partial charge >= 0.3 is 0 Å². The van der Waals surface area contributed by atoms with Crippen molar-refractivity contribution in [2.75, 3.05) is 32.4 Å². The number of hydrogen-bond donors (Lipinski definition) is 1. The lowest BCUT2D eigenvalue weighted by atomic mass is 10.2. The lowest BCUT2D eigenvalue weighted by molar-refractivity contribution is 0.271. The largest absolute Gasteiger partial charge is 0.329 e. The molecule has 0 amide bonds. The summed E-state index contributed by atoms with van der Waals surface area (Å²) in [4.78, 5) is 2.06. The molecule has 0 aliphatic carbocycles. The molecule has 0 aliphatic rings. The number of nitrogens with two attached hydrogens (primary N) is 1. The van der Waals surface area contributed by atoms with Gasteiger partial charge < -0.3 is 10.6 Å². The molecule has 0 rings (SSSR count). The van der Waals surface area contributed by atoms with E-state index in [-0.39, 0.29) is 0 Å². The minimum absolute atomic E-state index is 0.541. The van der Waals surface area contributed by atoms with Crippen LogP contribution in [0.1, 0.15) is 20.8 Å². The molecule has 0 saturated heterocycles. The fraction of sp³-hybridized carbons (Fsp3) is 1.00. The first-order valence-corrected chi connectivity index (χ1v) is 6.75. The van der Waals surface area contributed by atoms with E-state index in [0.717, 1.165) is 13.1 Å². The molecule has 5 heteroatoms. The standard InChI is InChI=1S/C9H22N2O2S/c1-5-11(7-6-10)8-9(2,3)14(4,12)13/h5-8,10H2,1-4H3. The maximum atomic E-state index is 11.5. The van der Waals surface area contributed by atoms with Crippen molar-refractivity contribution in [3.8, 4) is 0 Å². The van der Waals surface area contributed by atoms with Crippen LogP contribution in [-0.2, 0) is 9.84 Å². The molecule has 0 bridgehead atoms. The van der Waals surface area contributed by atoms with E-state index in [1.165, 1.54) is 6.26 Å². The van der Waals surface area contributed by atoms with Gasteiger partial charge in [-0.1, -0.05) is 6.92 Å². The van der Waals surface area contributed by atoms with Crippen molar-refractivity contribution < 1.29 is 8.42 Å². The summed E-state index contributed by atoms with van der Waals surface area (Å²) in [5, 5.41) is 0. The average Bonchev–Trinajstić information content (AvgIpc) is 2.01. The number of nitrogens with zero attached hydrogens (tertiary/aromatic N) is 1. The molecule has 0 aromatic rings. The van der Waals surface area contributed by atoms with E-state index in [1.807, 2.05) is 6.92 Å². The summed E-state index contributed by atoms with van der Waals surface area (Å²) in [7, 11) is -3.01. The predicted molar refractivity (Wildman–Crippen MR) is 60.1 cm³/mol. The molecule has 0 fully saturated rings. The molecule has 0 heterocycles. The Morgan fingerprint density at radius 2 is 1.86 bits per heavy atom. The molecule has 0 unspecified atom stereocenters. The molecule has 0 atom stereocenters. The minimum Gasteiger partial charge on any atom is -0.329 e. The van der Waals surface area contributed by atoms with Crippen LogP contribution in [0.3, 0.4) is 0 Å². The highest BCUT2D eigenvalue weighted by Crippen LogP contribution is 2.16. The SMILES string of the molecule is CCN(CCN)CC(C)(C)S(C)(=O)=O. The van der Waals surface area contributed by atoms with Gasteiger partial charge in [0.2, 0.25) is 0 Å². The van der Waals surface area contributed by atoms with Crippen LogP contribution in [0, 0.1) is 0 Å². The highest BCUT2D eigenvalue weighted by atomic mass is 32.2. The summed E-state index contributed by atoms with van der Waals surface area (Å²) in [6, 6.07) is 0. The first-order chi connectivity index (χ1) is 6.24. The molecule has 86 valence electrons. The first-order valence-electron chi connectivity index (χ1n) is 4.86. The maximum absolute atomic E-state index is 11.5. The smallest absolute Gasteiger partial charge is 0.153 e. The number of rotatable bonds is 6. The molecule has 0 aromatic carbocycles. The van der Waals surface area contributed by atoms with Gasteiger partial charge in [0.05, 0.1) is 4.75 Å². The monoisotopic (exact) mass is 222 g/mol. The minimum atomic E-state index is -3.01. The normalized spacial score (nSPS) is 13.6. The predicted octanol–water partition coefficient (Wildman–Crippen LogP) is 0.0902. The van der Waals surface area contributed by atoms with Gasteiger partial charge in [-0.3, -0.25) is 0 Å². The van der Waals surface area contributed by atoms with E-state index < -0.39 is 14.6 Å². The Kier molecular flexibility index (Phi) is 5.05. The van der Waals surface area contributed by atoms with Crippen molar-refractivity contribution in [2.45, 2.75) is 25.5 Å². The molecule has 0 spiro atoms. The van der Waals surface area contributed by atoms with Crippen molar-refractivity contribution in [2.24, 2.45) is 5.73 Å². The third kappa shape index (κ3) is 3.94. The topological polar surface area (TPSA) is 63.4 Å². The Morgan fingerprint density at radius 3 is 2.14 bits per heavy atom. The van der Waals surface area contributed by atoms with Crippen LogP contribution in [0.2, 0.25) is 0 Å². The van der Waals surface area contributed by atoms with Crippen molar-refractivity contribution in [1.82, 2.24) is 4.90 Å². The summed E-state index contributed by atoms with van der Waals surface area (Å²) in [6.45, 7) is 8.19. The Bertz CT molecular complexity index is 260. The Morgan fingerprint density at radius 1 is 1.36 bits per heavy atom. The highest BCUT2D eigenvalue weighted by Gasteiger charge is 2.31. The van der Waals surface area contributed by atoms with Crippen molar-refractivity contribution in [3.63, 3.8) is 0 Å². The zero-order valence-electron chi connectivity index (χ0n) is 9.58. The molecular formula is C9H22N2O2S. The number of sulfone groups is 1. The second-order valence-electron chi connectivity index (χ2n) is 4.19. The van der Waals surface area contributed by atoms with E-state index in [9.17, 15) is 8.42 Å². The van der Waals surface area contributed by atoms with Crippen LogP contribution in [0.4, 0.5) is 0 Å². The summed E-state index contributed by atoms with van der Waals surface area (Å²) in [5.74, 6) is 0. The lowest BCUT2D eigenvalue weighted by Crippen LogP contribution is -2.45. The molecule has 14 heavy (non-hydrogen) atoms. The van der Waals surface area contributed by atoms with Crippen LogP contribution in [-0.4, -0.2) is 50.5 Å². The van der Waals surface area contributed by atoms with E-state index in [2.05, 4.69) is 4.90 Å². The lowest BCUT2D eigenvalue weighted by Gasteiger charge is -2.30. The van der Waals surface area contributed by atoms with Gasteiger partial charge in [0.15, 0.2) is 9.84 Å². The van der Waals surface area contributed by atoms with Crippen LogP contribution in [0.25, 0.3) is 0 Å². The van der Waals surface area contributed by atoms with Gasteiger partial charge in [-0.15, -0.1) is 0 Å². The third-order valence-electron chi connectivity index (χ3n) is 2.50. The fourth-order valence-corrected chi connectivity index (χ4v) is 1.60. The van der Waals surface area contributed by atoms with E-state index in [4.69, 9.17) is 5.73 Å². The molecule has 0 saturated carbocycles. The second-order valence-corrected chi connectivity index (χ2v) is 6.84. The molecular weight excluding hydrogens is 200 g/mol. The van der Waals surface area contributed by atoms with Gasteiger partial charge in [-0.05, 0) is 20.4 Å². The van der Waals surface area contributed by atoms with Crippen molar-refractivity contribution in [3.05, 3.63) is 0 Å². The van der Waals surface area contributed by atoms with Crippen molar-refractivity contribution in [1.29, 1.82) is 0 Å². The van der Waals surface area contributed by atoms with Gasteiger partial charge in [0.25, 0.3) is 0 Å². The Balaban J connectivity index is 4.48. The molecule has 0 aromatic heterocycles. The van der Waals surface area contributed by atoms with Crippen LogP contribution in [0.15, 0.2) is 0 Å². The zero-order chi connectivity index (χ0) is 11.4. The average molecular weight is 222 g/mol. The molecule has 0 aliphatic heterocycles. The van der Waals surface area contributed by atoms with Crippen LogP contribution < -0.4 is 5.73 Å². The van der Waals surface area contributed by atoms with Crippen LogP contribution >= 0.6 is 0 Å². The fourth-order valence-electron chi connectivity index (χ4n) is 1.19. The van der Waals surface area contributed by atoms with E-state index in [0.29, 0.717) is 13.1 Å².